The average Bonchev–Trinajstić information content (AvgIpc) is 3.12. The average molecular weight is 463 g/mol. The van der Waals surface area contributed by atoms with Crippen LogP contribution in [0.15, 0.2) is 30.3 Å². The van der Waals surface area contributed by atoms with Gasteiger partial charge in [0, 0.05) is 16.8 Å². The molecule has 1 atom stereocenters. The first-order valence-electron chi connectivity index (χ1n) is 9.56. The van der Waals surface area contributed by atoms with Gasteiger partial charge in [0.15, 0.2) is 0 Å². The SMILES string of the molecule is CC(N)(CO)CCc1ccc(C#CCCCc2cc(C(F)(F)F)cc(C(F)(F)F)c2)s1. The largest absolute Gasteiger partial charge is 0.416 e. The number of benzene rings is 1. The van der Waals surface area contributed by atoms with Gasteiger partial charge >= 0.3 is 12.4 Å². The second-order valence-electron chi connectivity index (χ2n) is 7.65. The number of hydrogen-bond donors (Lipinski definition) is 2. The van der Waals surface area contributed by atoms with Gasteiger partial charge in [0.25, 0.3) is 0 Å². The molecule has 0 aliphatic heterocycles. The number of nitrogens with two attached hydrogens (primary N) is 1. The number of hydrogen-bond acceptors (Lipinski definition) is 3. The number of rotatable bonds is 7. The number of aryl methyl sites for hydroxylation is 2. The van der Waals surface area contributed by atoms with Crippen molar-refractivity contribution in [3.63, 3.8) is 0 Å². The van der Waals surface area contributed by atoms with Gasteiger partial charge in [-0.05, 0) is 68.5 Å². The minimum Gasteiger partial charge on any atom is -0.394 e. The number of halogens is 6. The molecule has 31 heavy (non-hydrogen) atoms. The van der Waals surface area contributed by atoms with Crippen LogP contribution in [0.5, 0.6) is 0 Å². The first-order valence-corrected chi connectivity index (χ1v) is 10.4. The second kappa shape index (κ2) is 10.1. The van der Waals surface area contributed by atoms with E-state index in [1.165, 1.54) is 11.3 Å². The van der Waals surface area contributed by atoms with Crippen molar-refractivity contribution in [3.8, 4) is 11.8 Å². The monoisotopic (exact) mass is 463 g/mol. The Morgan fingerprint density at radius 1 is 0.968 bits per heavy atom. The lowest BCUT2D eigenvalue weighted by atomic mass is 9.98. The van der Waals surface area contributed by atoms with Crippen LogP contribution in [-0.2, 0) is 25.2 Å². The van der Waals surface area contributed by atoms with Crippen LogP contribution in [0.3, 0.4) is 0 Å². The molecular formula is C22H23F6NOS. The lowest BCUT2D eigenvalue weighted by Crippen LogP contribution is -2.40. The highest BCUT2D eigenvalue weighted by molar-refractivity contribution is 7.12. The molecule has 0 fully saturated rings. The van der Waals surface area contributed by atoms with E-state index in [0.29, 0.717) is 25.7 Å². The van der Waals surface area contributed by atoms with E-state index in [4.69, 9.17) is 5.73 Å². The van der Waals surface area contributed by atoms with Gasteiger partial charge in [-0.2, -0.15) is 26.3 Å². The standard InChI is InChI=1S/C22H23F6NOS/c1-20(29,14-30)10-9-19-8-7-18(31-19)6-4-2-3-5-15-11-16(21(23,24)25)13-17(12-15)22(26,27)28/h7-8,11-13,30H,2-3,5,9-10,14,29H2,1H3. The van der Waals surface area contributed by atoms with E-state index in [1.807, 2.05) is 12.1 Å². The van der Waals surface area contributed by atoms with Crippen molar-refractivity contribution in [2.24, 2.45) is 5.73 Å². The fourth-order valence-corrected chi connectivity index (χ4v) is 3.64. The lowest BCUT2D eigenvalue weighted by Gasteiger charge is -2.20. The van der Waals surface area contributed by atoms with E-state index in [1.54, 1.807) is 6.92 Å². The Hall–Kier alpha value is -2.02. The number of thiophene rings is 1. The number of alkyl halides is 6. The summed E-state index contributed by atoms with van der Waals surface area (Å²) >= 11 is 1.49. The molecule has 3 N–H and O–H groups in total. The van der Waals surface area contributed by atoms with Crippen molar-refractivity contribution in [3.05, 3.63) is 56.8 Å². The fourth-order valence-electron chi connectivity index (χ4n) is 2.76. The molecule has 1 heterocycles. The van der Waals surface area contributed by atoms with Crippen molar-refractivity contribution in [2.75, 3.05) is 6.61 Å². The molecule has 0 saturated heterocycles. The zero-order valence-electron chi connectivity index (χ0n) is 16.8. The number of aliphatic hydroxyl groups is 1. The smallest absolute Gasteiger partial charge is 0.394 e. The van der Waals surface area contributed by atoms with Crippen molar-refractivity contribution >= 4 is 11.3 Å². The third-order valence-corrected chi connectivity index (χ3v) is 5.65. The van der Waals surface area contributed by atoms with E-state index < -0.39 is 29.0 Å². The maximum absolute atomic E-state index is 12.9. The zero-order chi connectivity index (χ0) is 23.3. The maximum Gasteiger partial charge on any atom is 0.416 e. The van der Waals surface area contributed by atoms with Crippen LogP contribution in [0.4, 0.5) is 26.3 Å². The first kappa shape index (κ1) is 25.2. The summed E-state index contributed by atoms with van der Waals surface area (Å²) in [4.78, 5) is 1.88. The second-order valence-corrected chi connectivity index (χ2v) is 8.82. The number of aliphatic hydroxyl groups excluding tert-OH is 1. The third kappa shape index (κ3) is 8.20. The van der Waals surface area contributed by atoms with Gasteiger partial charge in [-0.25, -0.2) is 0 Å². The Labute approximate surface area is 181 Å². The van der Waals surface area contributed by atoms with Crippen LogP contribution in [0, 0.1) is 11.8 Å². The van der Waals surface area contributed by atoms with Gasteiger partial charge in [-0.3, -0.25) is 0 Å². The Morgan fingerprint density at radius 2 is 1.58 bits per heavy atom. The molecule has 0 aliphatic carbocycles. The molecule has 0 amide bonds. The van der Waals surface area contributed by atoms with E-state index in [-0.39, 0.29) is 24.7 Å². The summed E-state index contributed by atoms with van der Waals surface area (Å²) in [5.74, 6) is 5.87. The molecule has 0 radical (unpaired) electrons. The summed E-state index contributed by atoms with van der Waals surface area (Å²) in [7, 11) is 0. The highest BCUT2D eigenvalue weighted by Gasteiger charge is 2.36. The Bertz CT molecular complexity index is 902. The molecule has 9 heteroatoms. The Kier molecular flexibility index (Phi) is 8.20. The normalized spacial score (nSPS) is 14.1. The van der Waals surface area contributed by atoms with Gasteiger partial charge in [0.05, 0.1) is 22.6 Å². The highest BCUT2D eigenvalue weighted by Crippen LogP contribution is 2.36. The third-order valence-electron chi connectivity index (χ3n) is 4.59. The van der Waals surface area contributed by atoms with E-state index in [0.717, 1.165) is 21.9 Å². The molecule has 2 aromatic rings. The molecule has 170 valence electrons. The summed E-state index contributed by atoms with van der Waals surface area (Å²) in [6.45, 7) is 1.66. The molecule has 1 unspecified atom stereocenters. The molecular weight excluding hydrogens is 440 g/mol. The Balaban J connectivity index is 1.95. The molecule has 0 aliphatic rings. The minimum atomic E-state index is -4.84. The van der Waals surface area contributed by atoms with Crippen LogP contribution in [0.2, 0.25) is 0 Å². The van der Waals surface area contributed by atoms with Gasteiger partial charge in [-0.15, -0.1) is 11.3 Å². The summed E-state index contributed by atoms with van der Waals surface area (Å²) in [5, 5.41) is 9.18. The van der Waals surface area contributed by atoms with E-state index >= 15 is 0 Å². The van der Waals surface area contributed by atoms with E-state index in [2.05, 4.69) is 11.8 Å². The van der Waals surface area contributed by atoms with Crippen LogP contribution < -0.4 is 5.73 Å². The zero-order valence-corrected chi connectivity index (χ0v) is 17.6. The topological polar surface area (TPSA) is 46.2 Å². The van der Waals surface area contributed by atoms with Crippen LogP contribution >= 0.6 is 11.3 Å². The summed E-state index contributed by atoms with van der Waals surface area (Å²) in [5.41, 5.74) is 2.63. The first-order chi connectivity index (χ1) is 14.3. The molecule has 2 rings (SSSR count). The molecule has 1 aromatic carbocycles. The minimum absolute atomic E-state index is 0.0175. The lowest BCUT2D eigenvalue weighted by molar-refractivity contribution is -0.143. The Morgan fingerprint density at radius 3 is 2.13 bits per heavy atom. The quantitative estimate of drug-likeness (QED) is 0.310. The fraction of sp³-hybridized carbons (Fsp3) is 0.455. The predicted molar refractivity (Wildman–Crippen MR) is 109 cm³/mol. The summed E-state index contributed by atoms with van der Waals surface area (Å²) < 4.78 is 77.4. The van der Waals surface area contributed by atoms with Gasteiger partial charge in [0.1, 0.15) is 0 Å². The molecule has 2 nitrogen and oxygen atoms in total. The van der Waals surface area contributed by atoms with Crippen LogP contribution in [-0.4, -0.2) is 17.3 Å². The van der Waals surface area contributed by atoms with Gasteiger partial charge in [0.2, 0.25) is 0 Å². The van der Waals surface area contributed by atoms with Crippen molar-refractivity contribution < 1.29 is 31.4 Å². The van der Waals surface area contributed by atoms with Crippen LogP contribution in [0.25, 0.3) is 0 Å². The van der Waals surface area contributed by atoms with Crippen LogP contribution in [0.1, 0.15) is 52.6 Å². The van der Waals surface area contributed by atoms with Crippen molar-refractivity contribution in [1.82, 2.24) is 0 Å². The van der Waals surface area contributed by atoms with Gasteiger partial charge < -0.3 is 10.8 Å². The van der Waals surface area contributed by atoms with Crippen molar-refractivity contribution in [1.29, 1.82) is 0 Å². The maximum atomic E-state index is 12.9. The summed E-state index contributed by atoms with van der Waals surface area (Å²) in [6, 6.07) is 5.41. The van der Waals surface area contributed by atoms with Crippen molar-refractivity contribution in [2.45, 2.75) is 56.9 Å². The molecule has 0 bridgehead atoms. The highest BCUT2D eigenvalue weighted by atomic mass is 32.1. The molecule has 1 aromatic heterocycles. The number of unbranched alkanes of at least 4 members (excludes halogenated alkanes) is 1. The molecule has 0 saturated carbocycles. The predicted octanol–water partition coefficient (Wildman–Crippen LogP) is 5.80. The molecule has 0 spiro atoms. The summed E-state index contributed by atoms with van der Waals surface area (Å²) in [6.07, 6.45) is -7.61. The van der Waals surface area contributed by atoms with Gasteiger partial charge in [-0.1, -0.05) is 11.8 Å². The van der Waals surface area contributed by atoms with E-state index in [9.17, 15) is 31.4 Å².